The van der Waals surface area contributed by atoms with Crippen LogP contribution in [0.3, 0.4) is 0 Å². The van der Waals surface area contributed by atoms with Gasteiger partial charge in [0.05, 0.1) is 6.04 Å². The van der Waals surface area contributed by atoms with Gasteiger partial charge in [-0.05, 0) is 11.6 Å². The Bertz CT molecular complexity index is 340. The Labute approximate surface area is 83.3 Å². The summed E-state index contributed by atoms with van der Waals surface area (Å²) < 4.78 is 0. The summed E-state index contributed by atoms with van der Waals surface area (Å²) in [6.45, 7) is 0. The lowest BCUT2D eigenvalue weighted by molar-refractivity contribution is -0.119. The van der Waals surface area contributed by atoms with Crippen LogP contribution in [0.15, 0.2) is 24.5 Å². The van der Waals surface area contributed by atoms with Gasteiger partial charge in [-0.3, -0.25) is 9.78 Å². The quantitative estimate of drug-likeness (QED) is 0.702. The first-order chi connectivity index (χ1) is 6.74. The minimum absolute atomic E-state index is 0.0454. The van der Waals surface area contributed by atoms with E-state index in [-0.39, 0.29) is 5.78 Å². The topological polar surface area (TPSA) is 56.0 Å². The van der Waals surface area contributed by atoms with Crippen LogP contribution in [-0.2, 0) is 11.2 Å². The van der Waals surface area contributed by atoms with Gasteiger partial charge in [-0.25, -0.2) is 0 Å². The maximum absolute atomic E-state index is 11.5. The van der Waals surface area contributed by atoms with Crippen LogP contribution in [0.25, 0.3) is 0 Å². The number of hydrogen-bond donors (Lipinski definition) is 1. The molecule has 0 aromatic carbocycles. The molecule has 1 aromatic heterocycles. The summed E-state index contributed by atoms with van der Waals surface area (Å²) in [5.74, 6) is 2.33. The maximum atomic E-state index is 11.5. The number of carbonyl (C=O) groups is 1. The molecule has 0 aliphatic heterocycles. The van der Waals surface area contributed by atoms with Gasteiger partial charge in [0.25, 0.3) is 0 Å². The number of nitrogens with zero attached hydrogens (tertiary/aromatic N) is 1. The zero-order valence-corrected chi connectivity index (χ0v) is 7.81. The minimum Gasteiger partial charge on any atom is -0.321 e. The van der Waals surface area contributed by atoms with Crippen LogP contribution >= 0.6 is 0 Å². The first-order valence-electron chi connectivity index (χ1n) is 4.34. The summed E-state index contributed by atoms with van der Waals surface area (Å²) in [6, 6.07) is 3.07. The van der Waals surface area contributed by atoms with E-state index in [1.807, 2.05) is 6.07 Å². The van der Waals surface area contributed by atoms with E-state index < -0.39 is 6.04 Å². The van der Waals surface area contributed by atoms with Gasteiger partial charge < -0.3 is 5.73 Å². The predicted molar refractivity (Wildman–Crippen MR) is 54.4 cm³/mol. The molecular formula is C11H12N2O. The second kappa shape index (κ2) is 5.15. The monoisotopic (exact) mass is 188 g/mol. The van der Waals surface area contributed by atoms with Crippen molar-refractivity contribution in [2.45, 2.75) is 18.9 Å². The average Bonchev–Trinajstić information content (AvgIpc) is 2.19. The third-order valence-electron chi connectivity index (χ3n) is 1.85. The Kier molecular flexibility index (Phi) is 3.84. The summed E-state index contributed by atoms with van der Waals surface area (Å²) in [7, 11) is 0. The molecule has 0 amide bonds. The fourth-order valence-corrected chi connectivity index (χ4v) is 1.08. The third kappa shape index (κ3) is 3.00. The Balaban J connectivity index is 2.54. The SMILES string of the molecule is C#CCC(N)C(=O)Cc1cccnc1. The number of nitrogens with two attached hydrogens (primary N) is 1. The number of ketones is 1. The summed E-state index contributed by atoms with van der Waals surface area (Å²) in [5.41, 5.74) is 6.43. The highest BCUT2D eigenvalue weighted by molar-refractivity contribution is 5.86. The highest BCUT2D eigenvalue weighted by Crippen LogP contribution is 2.00. The Morgan fingerprint density at radius 3 is 3.07 bits per heavy atom. The van der Waals surface area contributed by atoms with Crippen molar-refractivity contribution in [2.75, 3.05) is 0 Å². The van der Waals surface area contributed by atoms with E-state index in [1.54, 1.807) is 18.5 Å². The van der Waals surface area contributed by atoms with Crippen LogP contribution in [0.2, 0.25) is 0 Å². The van der Waals surface area contributed by atoms with E-state index in [0.29, 0.717) is 12.8 Å². The Morgan fingerprint density at radius 1 is 1.71 bits per heavy atom. The van der Waals surface area contributed by atoms with Crippen LogP contribution in [0.1, 0.15) is 12.0 Å². The summed E-state index contributed by atoms with van der Waals surface area (Å²) >= 11 is 0. The van der Waals surface area contributed by atoms with Crippen molar-refractivity contribution < 1.29 is 4.79 Å². The molecule has 3 heteroatoms. The average molecular weight is 188 g/mol. The number of rotatable bonds is 4. The number of pyridine rings is 1. The molecule has 3 nitrogen and oxygen atoms in total. The van der Waals surface area contributed by atoms with Crippen molar-refractivity contribution in [1.82, 2.24) is 4.98 Å². The highest BCUT2D eigenvalue weighted by Gasteiger charge is 2.12. The van der Waals surface area contributed by atoms with Gasteiger partial charge >= 0.3 is 0 Å². The first kappa shape index (κ1) is 10.4. The van der Waals surface area contributed by atoms with Crippen LogP contribution in [-0.4, -0.2) is 16.8 Å². The molecule has 72 valence electrons. The molecule has 0 radical (unpaired) electrons. The molecule has 0 aliphatic rings. The Hall–Kier alpha value is -1.66. The van der Waals surface area contributed by atoms with Gasteiger partial charge in [0.1, 0.15) is 0 Å². The fourth-order valence-electron chi connectivity index (χ4n) is 1.08. The molecule has 2 N–H and O–H groups in total. The molecule has 0 saturated carbocycles. The molecule has 1 rings (SSSR count). The van der Waals surface area contributed by atoms with Gasteiger partial charge in [0.15, 0.2) is 5.78 Å². The van der Waals surface area contributed by atoms with E-state index in [2.05, 4.69) is 10.9 Å². The molecule has 0 aliphatic carbocycles. The van der Waals surface area contributed by atoms with E-state index in [0.717, 1.165) is 5.56 Å². The number of hydrogen-bond acceptors (Lipinski definition) is 3. The van der Waals surface area contributed by atoms with Crippen molar-refractivity contribution in [3.05, 3.63) is 30.1 Å². The normalized spacial score (nSPS) is 11.7. The molecule has 1 heterocycles. The zero-order valence-electron chi connectivity index (χ0n) is 7.81. The second-order valence-corrected chi connectivity index (χ2v) is 3.02. The second-order valence-electron chi connectivity index (χ2n) is 3.02. The van der Waals surface area contributed by atoms with Gasteiger partial charge in [0.2, 0.25) is 0 Å². The van der Waals surface area contributed by atoms with E-state index >= 15 is 0 Å². The molecule has 0 fully saturated rings. The summed E-state index contributed by atoms with van der Waals surface area (Å²) in [4.78, 5) is 15.4. The number of Topliss-reactive ketones (excluding diaryl/α,β-unsaturated/α-hetero) is 1. The lowest BCUT2D eigenvalue weighted by Crippen LogP contribution is -2.31. The first-order valence-corrected chi connectivity index (χ1v) is 4.34. The lowest BCUT2D eigenvalue weighted by atomic mass is 10.0. The smallest absolute Gasteiger partial charge is 0.154 e. The summed E-state index contributed by atoms with van der Waals surface area (Å²) in [5, 5.41) is 0. The molecule has 14 heavy (non-hydrogen) atoms. The van der Waals surface area contributed by atoms with Gasteiger partial charge in [-0.2, -0.15) is 0 Å². The van der Waals surface area contributed by atoms with Crippen molar-refractivity contribution in [3.8, 4) is 12.3 Å². The van der Waals surface area contributed by atoms with Crippen LogP contribution < -0.4 is 5.73 Å². The number of terminal acetylenes is 1. The van der Waals surface area contributed by atoms with Crippen LogP contribution in [0.4, 0.5) is 0 Å². The van der Waals surface area contributed by atoms with E-state index in [9.17, 15) is 4.79 Å². The van der Waals surface area contributed by atoms with Crippen LogP contribution in [0.5, 0.6) is 0 Å². The molecule has 0 spiro atoms. The summed E-state index contributed by atoms with van der Waals surface area (Å²) in [6.07, 6.45) is 8.97. The maximum Gasteiger partial charge on any atom is 0.154 e. The van der Waals surface area contributed by atoms with E-state index in [4.69, 9.17) is 12.2 Å². The molecular weight excluding hydrogens is 176 g/mol. The Morgan fingerprint density at radius 2 is 2.50 bits per heavy atom. The molecule has 1 aromatic rings. The minimum atomic E-state index is -0.555. The van der Waals surface area contributed by atoms with Gasteiger partial charge in [-0.15, -0.1) is 12.3 Å². The van der Waals surface area contributed by atoms with Crippen LogP contribution in [0, 0.1) is 12.3 Å². The molecule has 0 saturated heterocycles. The van der Waals surface area contributed by atoms with Gasteiger partial charge in [0, 0.05) is 25.2 Å². The third-order valence-corrected chi connectivity index (χ3v) is 1.85. The lowest BCUT2D eigenvalue weighted by Gasteiger charge is -2.06. The number of carbonyl (C=O) groups excluding carboxylic acids is 1. The molecule has 0 bridgehead atoms. The number of aromatic nitrogens is 1. The van der Waals surface area contributed by atoms with Crippen molar-refractivity contribution in [3.63, 3.8) is 0 Å². The van der Waals surface area contributed by atoms with Crippen molar-refractivity contribution in [2.24, 2.45) is 5.73 Å². The predicted octanol–water partition coefficient (Wildman–Crippen LogP) is 0.544. The highest BCUT2D eigenvalue weighted by atomic mass is 16.1. The van der Waals surface area contributed by atoms with Gasteiger partial charge in [-0.1, -0.05) is 6.07 Å². The van der Waals surface area contributed by atoms with Crippen molar-refractivity contribution in [1.29, 1.82) is 0 Å². The molecule has 1 atom stereocenters. The molecule has 1 unspecified atom stereocenters. The van der Waals surface area contributed by atoms with E-state index in [1.165, 1.54) is 0 Å². The fraction of sp³-hybridized carbons (Fsp3) is 0.273. The standard InChI is InChI=1S/C11H12N2O/c1-2-4-10(12)11(14)7-9-5-3-6-13-8-9/h1,3,5-6,8,10H,4,7,12H2. The van der Waals surface area contributed by atoms with Crippen molar-refractivity contribution >= 4 is 5.78 Å². The zero-order chi connectivity index (χ0) is 10.4. The largest absolute Gasteiger partial charge is 0.321 e.